The molecule has 0 bridgehead atoms. The third-order valence-electron chi connectivity index (χ3n) is 2.33. The van der Waals surface area contributed by atoms with E-state index >= 15 is 0 Å². The number of carbonyl (C=O) groups excluding carboxylic acids is 1. The van der Waals surface area contributed by atoms with Crippen LogP contribution in [0.1, 0.15) is 5.56 Å². The second-order valence-corrected chi connectivity index (χ2v) is 3.76. The number of hydrogen-bond donors (Lipinski definition) is 3. The average Bonchev–Trinajstić information content (AvgIpc) is 2.42. The SMILES string of the molecule is O=C(/C=C/c1ccc([N+](=O)[O-])cc1)NC(CO)C(=O)O. The fourth-order valence-corrected chi connectivity index (χ4v) is 1.28. The van der Waals surface area contributed by atoms with Crippen molar-refractivity contribution < 1.29 is 24.7 Å². The summed E-state index contributed by atoms with van der Waals surface area (Å²) in [7, 11) is 0. The summed E-state index contributed by atoms with van der Waals surface area (Å²) < 4.78 is 0. The number of rotatable bonds is 6. The highest BCUT2D eigenvalue weighted by Gasteiger charge is 2.17. The molecule has 8 nitrogen and oxygen atoms in total. The van der Waals surface area contributed by atoms with Gasteiger partial charge < -0.3 is 15.5 Å². The molecular formula is C12H12N2O6. The van der Waals surface area contributed by atoms with E-state index in [0.29, 0.717) is 5.56 Å². The number of amides is 1. The maximum atomic E-state index is 11.4. The van der Waals surface area contributed by atoms with Crippen LogP contribution in [0.4, 0.5) is 5.69 Å². The molecule has 3 N–H and O–H groups in total. The van der Waals surface area contributed by atoms with Gasteiger partial charge >= 0.3 is 5.97 Å². The van der Waals surface area contributed by atoms with Crippen molar-refractivity contribution in [3.05, 3.63) is 46.0 Å². The second kappa shape index (κ2) is 7.00. The van der Waals surface area contributed by atoms with E-state index in [2.05, 4.69) is 5.32 Å². The summed E-state index contributed by atoms with van der Waals surface area (Å²) >= 11 is 0. The lowest BCUT2D eigenvalue weighted by molar-refractivity contribution is -0.384. The molecule has 1 aromatic carbocycles. The summed E-state index contributed by atoms with van der Waals surface area (Å²) in [6, 6.07) is 4.09. The minimum absolute atomic E-state index is 0.0715. The number of non-ortho nitro benzene ring substituents is 1. The number of carboxylic acid groups (broad SMARTS) is 1. The Morgan fingerprint density at radius 1 is 1.35 bits per heavy atom. The molecule has 0 aromatic heterocycles. The molecule has 0 radical (unpaired) electrons. The van der Waals surface area contributed by atoms with Crippen LogP contribution < -0.4 is 5.32 Å². The summed E-state index contributed by atoms with van der Waals surface area (Å²) in [4.78, 5) is 31.9. The first-order chi connectivity index (χ1) is 9.43. The first-order valence-corrected chi connectivity index (χ1v) is 5.50. The fraction of sp³-hybridized carbons (Fsp3) is 0.167. The van der Waals surface area contributed by atoms with Crippen LogP contribution in [-0.2, 0) is 9.59 Å². The minimum Gasteiger partial charge on any atom is -0.480 e. The summed E-state index contributed by atoms with van der Waals surface area (Å²) in [5.41, 5.74) is 0.472. The standard InChI is InChI=1S/C12H12N2O6/c15-7-10(12(17)18)13-11(16)6-3-8-1-4-9(5-2-8)14(19)20/h1-6,10,15H,7H2,(H,13,16)(H,17,18)/b6-3+. The first-order valence-electron chi connectivity index (χ1n) is 5.50. The molecule has 1 rings (SSSR count). The number of benzene rings is 1. The van der Waals surface area contributed by atoms with Crippen LogP contribution in [0.2, 0.25) is 0 Å². The van der Waals surface area contributed by atoms with E-state index in [1.165, 1.54) is 30.3 Å². The van der Waals surface area contributed by atoms with Crippen LogP contribution >= 0.6 is 0 Å². The lowest BCUT2D eigenvalue weighted by atomic mass is 10.2. The molecule has 0 saturated carbocycles. The van der Waals surface area contributed by atoms with E-state index in [-0.39, 0.29) is 5.69 Å². The Labute approximate surface area is 113 Å². The van der Waals surface area contributed by atoms with Crippen LogP contribution in [0.3, 0.4) is 0 Å². The normalized spacial score (nSPS) is 12.1. The molecule has 8 heteroatoms. The van der Waals surface area contributed by atoms with Gasteiger partial charge in [0.1, 0.15) is 0 Å². The van der Waals surface area contributed by atoms with Gasteiger partial charge in [0, 0.05) is 18.2 Å². The molecule has 1 atom stereocenters. The van der Waals surface area contributed by atoms with Crippen LogP contribution in [0, 0.1) is 10.1 Å². The number of carboxylic acids is 1. The third-order valence-corrected chi connectivity index (χ3v) is 2.33. The van der Waals surface area contributed by atoms with Gasteiger partial charge in [-0.2, -0.15) is 0 Å². The van der Waals surface area contributed by atoms with Crippen LogP contribution in [0.25, 0.3) is 6.08 Å². The number of hydrogen-bond acceptors (Lipinski definition) is 5. The van der Waals surface area contributed by atoms with Crippen molar-refractivity contribution in [1.29, 1.82) is 0 Å². The first kappa shape index (κ1) is 15.3. The van der Waals surface area contributed by atoms with Crippen LogP contribution in [0.5, 0.6) is 0 Å². The average molecular weight is 280 g/mol. The minimum atomic E-state index is -1.37. The highest BCUT2D eigenvalue weighted by atomic mass is 16.6. The quantitative estimate of drug-likeness (QED) is 0.387. The molecule has 106 valence electrons. The van der Waals surface area contributed by atoms with Crippen molar-refractivity contribution >= 4 is 23.6 Å². The van der Waals surface area contributed by atoms with Crippen LogP contribution in [-0.4, -0.2) is 39.7 Å². The molecule has 1 unspecified atom stereocenters. The van der Waals surface area contributed by atoms with E-state index in [1.807, 2.05) is 0 Å². The molecule has 0 heterocycles. The van der Waals surface area contributed by atoms with Crippen molar-refractivity contribution in [3.63, 3.8) is 0 Å². The van der Waals surface area contributed by atoms with Gasteiger partial charge in [0.05, 0.1) is 11.5 Å². The van der Waals surface area contributed by atoms with Gasteiger partial charge in [-0.15, -0.1) is 0 Å². The Balaban J connectivity index is 2.65. The van der Waals surface area contributed by atoms with E-state index in [1.54, 1.807) is 0 Å². The molecule has 0 spiro atoms. The van der Waals surface area contributed by atoms with Crippen molar-refractivity contribution in [1.82, 2.24) is 5.32 Å². The smallest absolute Gasteiger partial charge is 0.328 e. The van der Waals surface area contributed by atoms with Crippen molar-refractivity contribution in [2.24, 2.45) is 0 Å². The molecule has 20 heavy (non-hydrogen) atoms. The Bertz CT molecular complexity index is 537. The predicted octanol–water partition coefficient (Wildman–Crippen LogP) is 0.170. The molecule has 0 fully saturated rings. The van der Waals surface area contributed by atoms with E-state index in [9.17, 15) is 19.7 Å². The zero-order chi connectivity index (χ0) is 15.1. The van der Waals surface area contributed by atoms with Crippen molar-refractivity contribution in [2.75, 3.05) is 6.61 Å². The Hall–Kier alpha value is -2.74. The summed E-state index contributed by atoms with van der Waals surface area (Å²) in [6.45, 7) is -0.716. The van der Waals surface area contributed by atoms with Gasteiger partial charge in [0.2, 0.25) is 5.91 Å². The number of nitrogens with zero attached hydrogens (tertiary/aromatic N) is 1. The van der Waals surface area contributed by atoms with Gasteiger partial charge in [-0.05, 0) is 23.8 Å². The highest BCUT2D eigenvalue weighted by Crippen LogP contribution is 2.12. The molecular weight excluding hydrogens is 268 g/mol. The van der Waals surface area contributed by atoms with Crippen LogP contribution in [0.15, 0.2) is 30.3 Å². The topological polar surface area (TPSA) is 130 Å². The van der Waals surface area contributed by atoms with E-state index in [4.69, 9.17) is 10.2 Å². The van der Waals surface area contributed by atoms with Gasteiger partial charge in [-0.1, -0.05) is 0 Å². The van der Waals surface area contributed by atoms with Gasteiger partial charge in [-0.3, -0.25) is 14.9 Å². The molecule has 1 amide bonds. The van der Waals surface area contributed by atoms with E-state index < -0.39 is 29.4 Å². The number of nitro benzene ring substituents is 1. The summed E-state index contributed by atoms with van der Waals surface area (Å²) in [6.07, 6.45) is 2.45. The summed E-state index contributed by atoms with van der Waals surface area (Å²) in [5, 5.41) is 29.9. The summed E-state index contributed by atoms with van der Waals surface area (Å²) in [5.74, 6) is -2.03. The van der Waals surface area contributed by atoms with Crippen molar-refractivity contribution in [2.45, 2.75) is 6.04 Å². The number of aliphatic hydroxyl groups is 1. The Morgan fingerprint density at radius 2 is 1.95 bits per heavy atom. The monoisotopic (exact) mass is 280 g/mol. The highest BCUT2D eigenvalue weighted by molar-refractivity contribution is 5.94. The number of nitrogens with one attached hydrogen (secondary N) is 1. The third kappa shape index (κ3) is 4.50. The molecule has 0 aliphatic rings. The molecule has 0 aliphatic carbocycles. The molecule has 1 aromatic rings. The van der Waals surface area contributed by atoms with Crippen molar-refractivity contribution in [3.8, 4) is 0 Å². The number of nitro groups is 1. The number of aliphatic carboxylic acids is 1. The Morgan fingerprint density at radius 3 is 2.40 bits per heavy atom. The second-order valence-electron chi connectivity index (χ2n) is 3.76. The lowest BCUT2D eigenvalue weighted by Gasteiger charge is -2.09. The fourth-order valence-electron chi connectivity index (χ4n) is 1.28. The molecule has 0 saturated heterocycles. The molecule has 0 aliphatic heterocycles. The number of carbonyl (C=O) groups is 2. The Kier molecular flexibility index (Phi) is 5.36. The zero-order valence-electron chi connectivity index (χ0n) is 10.2. The largest absolute Gasteiger partial charge is 0.480 e. The maximum absolute atomic E-state index is 11.4. The maximum Gasteiger partial charge on any atom is 0.328 e. The zero-order valence-corrected chi connectivity index (χ0v) is 10.2. The van der Waals surface area contributed by atoms with E-state index in [0.717, 1.165) is 6.08 Å². The van der Waals surface area contributed by atoms with Gasteiger partial charge in [0.25, 0.3) is 5.69 Å². The predicted molar refractivity (Wildman–Crippen MR) is 68.8 cm³/mol. The van der Waals surface area contributed by atoms with Gasteiger partial charge in [-0.25, -0.2) is 4.79 Å². The number of aliphatic hydroxyl groups excluding tert-OH is 1. The van der Waals surface area contributed by atoms with Gasteiger partial charge in [0.15, 0.2) is 6.04 Å². The lowest BCUT2D eigenvalue weighted by Crippen LogP contribution is -2.42.